The summed E-state index contributed by atoms with van der Waals surface area (Å²) in [7, 11) is 1.56. The first-order chi connectivity index (χ1) is 19.0. The van der Waals surface area contributed by atoms with Gasteiger partial charge in [-0.05, 0) is 49.0 Å². The van der Waals surface area contributed by atoms with Gasteiger partial charge in [0.1, 0.15) is 22.7 Å². The smallest absolute Gasteiger partial charge is 0.387 e. The number of methoxy groups -OCH3 is 1. The molecule has 1 fully saturated rings. The van der Waals surface area contributed by atoms with Crippen molar-refractivity contribution in [2.75, 3.05) is 20.3 Å². The molecule has 1 aromatic heterocycles. The van der Waals surface area contributed by atoms with Crippen LogP contribution in [0.4, 0.5) is 8.78 Å². The Labute approximate surface area is 239 Å². The summed E-state index contributed by atoms with van der Waals surface area (Å²) < 4.78 is 48.0. The zero-order valence-electron chi connectivity index (χ0n) is 21.8. The van der Waals surface area contributed by atoms with Gasteiger partial charge < -0.3 is 24.3 Å². The van der Waals surface area contributed by atoms with E-state index in [2.05, 4.69) is 10.1 Å². The molecule has 0 bridgehead atoms. The zero-order valence-corrected chi connectivity index (χ0v) is 23.3. The van der Waals surface area contributed by atoms with E-state index in [0.29, 0.717) is 40.4 Å². The highest BCUT2D eigenvalue weighted by molar-refractivity contribution is 6.35. The SMILES string of the molecule is CO[C@@H]1CC(C(=O)NCC(=O)OC(Cc2c(Cl)c[n+](O)cc2Cl)c2ccc(OC(F)F)c(OCC3CC3)c2)=C1C. The molecule has 2 aromatic rings. The molecule has 40 heavy (non-hydrogen) atoms. The number of amides is 1. The lowest BCUT2D eigenvalue weighted by Gasteiger charge is -2.29. The third kappa shape index (κ3) is 7.52. The Bertz CT molecular complexity index is 1280. The van der Waals surface area contributed by atoms with Crippen molar-refractivity contribution in [2.24, 2.45) is 5.92 Å². The second-order valence-corrected chi connectivity index (χ2v) is 10.4. The molecule has 2 aliphatic carbocycles. The van der Waals surface area contributed by atoms with Crippen LogP contribution in [0.1, 0.15) is 43.4 Å². The van der Waals surface area contributed by atoms with Gasteiger partial charge in [-0.3, -0.25) is 14.8 Å². The van der Waals surface area contributed by atoms with E-state index in [1.165, 1.54) is 30.6 Å². The average Bonchev–Trinajstić information content (AvgIpc) is 3.72. The molecule has 0 spiro atoms. The number of hydrogen-bond donors (Lipinski definition) is 2. The summed E-state index contributed by atoms with van der Waals surface area (Å²) in [5.74, 6) is -0.913. The molecule has 1 amide bonds. The van der Waals surface area contributed by atoms with Crippen LogP contribution in [0.25, 0.3) is 0 Å². The van der Waals surface area contributed by atoms with Crippen LogP contribution in [-0.2, 0) is 25.5 Å². The van der Waals surface area contributed by atoms with Gasteiger partial charge in [0.15, 0.2) is 11.5 Å². The molecule has 1 saturated carbocycles. The number of ether oxygens (including phenoxy) is 4. The monoisotopic (exact) mass is 601 g/mol. The number of rotatable bonds is 13. The van der Waals surface area contributed by atoms with E-state index in [4.69, 9.17) is 37.4 Å². The van der Waals surface area contributed by atoms with Gasteiger partial charge in [0.25, 0.3) is 0 Å². The van der Waals surface area contributed by atoms with Crippen molar-refractivity contribution in [1.29, 1.82) is 0 Å². The van der Waals surface area contributed by atoms with Crippen molar-refractivity contribution in [3.8, 4) is 11.5 Å². The fourth-order valence-corrected chi connectivity index (χ4v) is 4.83. The van der Waals surface area contributed by atoms with Crippen molar-refractivity contribution in [1.82, 2.24) is 5.32 Å². The largest absolute Gasteiger partial charge is 0.489 e. The molecule has 4 rings (SSSR count). The fraction of sp³-hybridized carbons (Fsp3) is 0.444. The third-order valence-electron chi connectivity index (χ3n) is 6.76. The third-order valence-corrected chi connectivity index (χ3v) is 7.41. The van der Waals surface area contributed by atoms with Crippen LogP contribution in [0.15, 0.2) is 41.7 Å². The summed E-state index contributed by atoms with van der Waals surface area (Å²) in [6.45, 7) is -1.37. The Hall–Kier alpha value is -3.15. The van der Waals surface area contributed by atoms with Gasteiger partial charge >= 0.3 is 12.6 Å². The molecule has 13 heteroatoms. The van der Waals surface area contributed by atoms with Crippen LogP contribution in [0.3, 0.4) is 0 Å². The Morgan fingerprint density at radius 1 is 1.18 bits per heavy atom. The van der Waals surface area contributed by atoms with Crippen LogP contribution in [-0.4, -0.2) is 50.1 Å². The molecule has 0 aliphatic heterocycles. The van der Waals surface area contributed by atoms with E-state index in [9.17, 15) is 23.6 Å². The molecule has 0 saturated heterocycles. The lowest BCUT2D eigenvalue weighted by atomic mass is 9.86. The van der Waals surface area contributed by atoms with Gasteiger partial charge in [0.2, 0.25) is 18.3 Å². The van der Waals surface area contributed by atoms with Crippen molar-refractivity contribution in [3.63, 3.8) is 0 Å². The van der Waals surface area contributed by atoms with Crippen LogP contribution < -0.4 is 19.5 Å². The summed E-state index contributed by atoms with van der Waals surface area (Å²) in [6.07, 6.45) is 3.67. The highest BCUT2D eigenvalue weighted by atomic mass is 35.5. The Kier molecular flexibility index (Phi) is 9.70. The number of carbonyl (C=O) groups excluding carboxylic acids is 2. The van der Waals surface area contributed by atoms with Gasteiger partial charge in [-0.1, -0.05) is 29.3 Å². The zero-order chi connectivity index (χ0) is 29.0. The number of esters is 1. The number of pyridine rings is 1. The normalized spacial score (nSPS) is 17.3. The maximum Gasteiger partial charge on any atom is 0.387 e. The second-order valence-electron chi connectivity index (χ2n) is 9.61. The van der Waals surface area contributed by atoms with Gasteiger partial charge in [0.05, 0.1) is 12.7 Å². The number of alkyl halides is 2. The molecule has 2 atom stereocenters. The maximum atomic E-state index is 13.0. The van der Waals surface area contributed by atoms with Crippen molar-refractivity contribution in [2.45, 2.75) is 51.4 Å². The quantitative estimate of drug-likeness (QED) is 0.196. The Balaban J connectivity index is 1.56. The average molecular weight is 602 g/mol. The predicted octanol–water partition coefficient (Wildman–Crippen LogP) is 4.59. The summed E-state index contributed by atoms with van der Waals surface area (Å²) in [5.41, 5.74) is 2.10. The first kappa shape index (κ1) is 29.8. The van der Waals surface area contributed by atoms with E-state index >= 15 is 0 Å². The minimum Gasteiger partial charge on any atom is -0.489 e. The lowest BCUT2D eigenvalue weighted by molar-refractivity contribution is -0.904. The standard InChI is InChI=1S/C27H28Cl2F2N2O7/c1-14-17(8-22(14)37-2)26(35)32-10-25(34)39-23(9-18-19(28)11-33(36)12-20(18)29)16-5-6-21(40-27(30)31)24(7-16)38-13-15-3-4-15/h5-7,11-12,15,22-23,27H,3-4,8-10,13H2,1-2H3,(H-,32,35,36)/p+1/t22-,23?/m1/s1. The fourth-order valence-electron chi connectivity index (χ4n) is 4.22. The van der Waals surface area contributed by atoms with Crippen LogP contribution in [0.2, 0.25) is 10.0 Å². The molecular formula is C27H29Cl2F2N2O7+. The van der Waals surface area contributed by atoms with E-state index in [0.717, 1.165) is 18.4 Å². The lowest BCUT2D eigenvalue weighted by Crippen LogP contribution is -2.38. The van der Waals surface area contributed by atoms with Gasteiger partial charge in [-0.2, -0.15) is 8.78 Å². The molecule has 1 aromatic carbocycles. The molecule has 1 heterocycles. The number of nitrogens with zero attached hydrogens (tertiary/aromatic N) is 1. The van der Waals surface area contributed by atoms with Crippen molar-refractivity contribution >= 4 is 35.1 Å². The minimum absolute atomic E-state index is 0.0326. The van der Waals surface area contributed by atoms with Gasteiger partial charge in [-0.25, -0.2) is 0 Å². The summed E-state index contributed by atoms with van der Waals surface area (Å²) in [4.78, 5) is 25.3. The number of benzene rings is 1. The van der Waals surface area contributed by atoms with Crippen LogP contribution in [0, 0.1) is 5.92 Å². The topological polar surface area (TPSA) is 107 Å². The summed E-state index contributed by atoms with van der Waals surface area (Å²) in [6, 6.07) is 4.23. The second kappa shape index (κ2) is 13.0. The molecule has 216 valence electrons. The highest BCUT2D eigenvalue weighted by Crippen LogP contribution is 2.38. The summed E-state index contributed by atoms with van der Waals surface area (Å²) in [5, 5.41) is 12.5. The number of aromatic nitrogens is 1. The minimum atomic E-state index is -3.06. The highest BCUT2D eigenvalue weighted by Gasteiger charge is 2.31. The predicted molar refractivity (Wildman–Crippen MR) is 139 cm³/mol. The number of hydrogen-bond acceptors (Lipinski definition) is 7. The molecule has 0 radical (unpaired) electrons. The number of halogens is 4. The molecule has 1 unspecified atom stereocenters. The molecule has 2 aliphatic rings. The number of carbonyl (C=O) groups is 2. The van der Waals surface area contributed by atoms with E-state index < -0.39 is 31.1 Å². The van der Waals surface area contributed by atoms with Crippen LogP contribution >= 0.6 is 23.2 Å². The van der Waals surface area contributed by atoms with Crippen molar-refractivity contribution in [3.05, 3.63) is 62.9 Å². The number of nitrogens with one attached hydrogen (secondary N) is 1. The van der Waals surface area contributed by atoms with Crippen molar-refractivity contribution < 1.29 is 47.3 Å². The summed E-state index contributed by atoms with van der Waals surface area (Å²) >= 11 is 12.6. The van der Waals surface area contributed by atoms with E-state index in [1.54, 1.807) is 14.0 Å². The van der Waals surface area contributed by atoms with Gasteiger partial charge in [-0.15, -0.1) is 0 Å². The van der Waals surface area contributed by atoms with Crippen LogP contribution in [0.5, 0.6) is 11.5 Å². The van der Waals surface area contributed by atoms with E-state index in [1.807, 2.05) is 0 Å². The molecule has 2 N–H and O–H groups in total. The Morgan fingerprint density at radius 3 is 2.48 bits per heavy atom. The first-order valence-corrected chi connectivity index (χ1v) is 13.3. The van der Waals surface area contributed by atoms with E-state index in [-0.39, 0.29) is 34.1 Å². The maximum absolute atomic E-state index is 13.0. The first-order valence-electron chi connectivity index (χ1n) is 12.6. The molecular weight excluding hydrogens is 573 g/mol. The Morgan fingerprint density at radius 2 is 1.88 bits per heavy atom. The molecule has 9 nitrogen and oxygen atoms in total. The van der Waals surface area contributed by atoms with Gasteiger partial charge in [0, 0.05) is 35.8 Å².